The number of nitrogens with one attached hydrogen (secondary N) is 2. The lowest BCUT2D eigenvalue weighted by molar-refractivity contribution is -0.126. The first-order valence-electron chi connectivity index (χ1n) is 4.06. The fourth-order valence-corrected chi connectivity index (χ4v) is 0.643. The van der Waals surface area contributed by atoms with Crippen LogP contribution in [0, 0.1) is 0 Å². The van der Waals surface area contributed by atoms with Gasteiger partial charge in [0.15, 0.2) is 0 Å². The molecule has 7 nitrogen and oxygen atoms in total. The van der Waals surface area contributed by atoms with E-state index >= 15 is 0 Å². The Morgan fingerprint density at radius 2 is 1.79 bits per heavy atom. The summed E-state index contributed by atoms with van der Waals surface area (Å²) >= 11 is 0. The molecule has 0 saturated carbocycles. The molecule has 3 amide bonds. The summed E-state index contributed by atoms with van der Waals surface area (Å²) in [5, 5.41) is 1.94. The van der Waals surface area contributed by atoms with Gasteiger partial charge < -0.3 is 4.74 Å². The topological polar surface area (TPSA) is 111 Å². The van der Waals surface area contributed by atoms with Crippen LogP contribution in [0.3, 0.4) is 0 Å². The second kappa shape index (κ2) is 6.84. The first kappa shape index (κ1) is 12.4. The maximum atomic E-state index is 10.9. The fraction of sp³-hybridized carbons (Fsp3) is 0.571. The van der Waals surface area contributed by atoms with Gasteiger partial charge in [-0.25, -0.2) is 10.6 Å². The van der Waals surface area contributed by atoms with Gasteiger partial charge in [0.25, 0.3) is 0 Å². The van der Waals surface area contributed by atoms with Gasteiger partial charge in [-0.2, -0.15) is 0 Å². The van der Waals surface area contributed by atoms with Crippen LogP contribution < -0.4 is 16.6 Å². The van der Waals surface area contributed by atoms with E-state index < -0.39 is 17.9 Å². The van der Waals surface area contributed by atoms with Crippen LogP contribution in [-0.2, 0) is 14.3 Å². The number of amides is 3. The number of carbonyl (C=O) groups is 3. The molecule has 0 aliphatic carbocycles. The summed E-state index contributed by atoms with van der Waals surface area (Å²) in [6.45, 7) is 1.80. The van der Waals surface area contributed by atoms with Crippen LogP contribution in [0.5, 0.6) is 0 Å². The third kappa shape index (κ3) is 5.95. The van der Waals surface area contributed by atoms with Gasteiger partial charge in [0, 0.05) is 12.8 Å². The van der Waals surface area contributed by atoms with Crippen molar-refractivity contribution in [1.29, 1.82) is 0 Å². The van der Waals surface area contributed by atoms with Crippen molar-refractivity contribution >= 4 is 17.9 Å². The predicted octanol–water partition coefficient (Wildman–Crippen LogP) is -0.971. The Hall–Kier alpha value is -1.63. The van der Waals surface area contributed by atoms with Crippen LogP contribution in [0.25, 0.3) is 0 Å². The summed E-state index contributed by atoms with van der Waals surface area (Å²) in [6.07, 6.45) is -0.991. The zero-order valence-corrected chi connectivity index (χ0v) is 7.83. The zero-order valence-electron chi connectivity index (χ0n) is 7.83. The minimum Gasteiger partial charge on any atom is -0.450 e. The van der Waals surface area contributed by atoms with Crippen LogP contribution in [-0.4, -0.2) is 24.5 Å². The standard InChI is InChI=1S/C7H13N3O4/c1-2-14-7(13)9-5(11)3-4-6(12)10-8/h2-4,8H2,1H3,(H,10,12)(H,9,11,13). The van der Waals surface area contributed by atoms with Crippen molar-refractivity contribution in [1.82, 2.24) is 10.7 Å². The monoisotopic (exact) mass is 203 g/mol. The van der Waals surface area contributed by atoms with Gasteiger partial charge >= 0.3 is 6.09 Å². The molecule has 0 rings (SSSR count). The van der Waals surface area contributed by atoms with Crippen LogP contribution in [0.4, 0.5) is 4.79 Å². The molecule has 0 saturated heterocycles. The average Bonchev–Trinajstić information content (AvgIpc) is 2.14. The van der Waals surface area contributed by atoms with Gasteiger partial charge in [0.1, 0.15) is 0 Å². The molecule has 0 heterocycles. The lowest BCUT2D eigenvalue weighted by Gasteiger charge is -2.03. The molecule has 0 aromatic carbocycles. The SMILES string of the molecule is CCOC(=O)NC(=O)CCC(=O)NN. The first-order valence-corrected chi connectivity index (χ1v) is 4.06. The second-order valence-corrected chi connectivity index (χ2v) is 2.34. The van der Waals surface area contributed by atoms with E-state index in [4.69, 9.17) is 5.84 Å². The van der Waals surface area contributed by atoms with E-state index in [0.717, 1.165) is 0 Å². The number of ether oxygens (including phenoxy) is 1. The molecular formula is C7H13N3O4. The third-order valence-electron chi connectivity index (χ3n) is 1.26. The normalized spacial score (nSPS) is 9.00. The van der Waals surface area contributed by atoms with Gasteiger partial charge in [-0.05, 0) is 6.92 Å². The summed E-state index contributed by atoms with van der Waals surface area (Å²) in [5.74, 6) is 3.74. The highest BCUT2D eigenvalue weighted by atomic mass is 16.5. The van der Waals surface area contributed by atoms with Gasteiger partial charge in [0.05, 0.1) is 6.61 Å². The molecule has 0 fully saturated rings. The molecule has 0 aliphatic heterocycles. The molecule has 4 N–H and O–H groups in total. The number of rotatable bonds is 4. The molecule has 0 aromatic rings. The smallest absolute Gasteiger partial charge is 0.413 e. The van der Waals surface area contributed by atoms with Crippen molar-refractivity contribution in [2.24, 2.45) is 5.84 Å². The molecule has 0 unspecified atom stereocenters. The highest BCUT2D eigenvalue weighted by molar-refractivity contribution is 5.93. The lowest BCUT2D eigenvalue weighted by Crippen LogP contribution is -2.34. The summed E-state index contributed by atoms with van der Waals surface area (Å²) < 4.78 is 4.45. The van der Waals surface area contributed by atoms with E-state index in [1.54, 1.807) is 6.92 Å². The van der Waals surface area contributed by atoms with Crippen molar-refractivity contribution in [2.75, 3.05) is 6.61 Å². The van der Waals surface area contributed by atoms with E-state index in [9.17, 15) is 14.4 Å². The van der Waals surface area contributed by atoms with E-state index in [0.29, 0.717) is 0 Å². The van der Waals surface area contributed by atoms with Gasteiger partial charge in [-0.15, -0.1) is 0 Å². The number of nitrogens with two attached hydrogens (primary N) is 1. The van der Waals surface area contributed by atoms with Crippen molar-refractivity contribution in [3.8, 4) is 0 Å². The quantitative estimate of drug-likeness (QED) is 0.309. The number of imide groups is 1. The molecule has 80 valence electrons. The number of carbonyl (C=O) groups excluding carboxylic acids is 3. The van der Waals surface area contributed by atoms with Crippen molar-refractivity contribution in [3.63, 3.8) is 0 Å². The molecule has 0 aromatic heterocycles. The predicted molar refractivity (Wildman–Crippen MR) is 46.7 cm³/mol. The Labute approximate surface area is 80.9 Å². The molecule has 0 aliphatic rings. The Bertz CT molecular complexity index is 229. The number of alkyl carbamates (subject to hydrolysis) is 1. The molecule has 0 radical (unpaired) electrons. The van der Waals surface area contributed by atoms with E-state index in [1.807, 2.05) is 10.7 Å². The Kier molecular flexibility index (Phi) is 6.04. The molecule has 7 heteroatoms. The number of hydrogen-bond donors (Lipinski definition) is 3. The molecule has 0 atom stereocenters. The van der Waals surface area contributed by atoms with Crippen molar-refractivity contribution < 1.29 is 19.1 Å². The zero-order chi connectivity index (χ0) is 11.0. The molecule has 0 spiro atoms. The van der Waals surface area contributed by atoms with Gasteiger partial charge in [-0.1, -0.05) is 0 Å². The maximum Gasteiger partial charge on any atom is 0.413 e. The Morgan fingerprint density at radius 3 is 2.29 bits per heavy atom. The minimum atomic E-state index is -0.814. The number of hydrazine groups is 1. The summed E-state index contributed by atoms with van der Waals surface area (Å²) in [6, 6.07) is 0. The molecule has 0 bridgehead atoms. The van der Waals surface area contributed by atoms with Crippen molar-refractivity contribution in [2.45, 2.75) is 19.8 Å². The highest BCUT2D eigenvalue weighted by Gasteiger charge is 2.09. The van der Waals surface area contributed by atoms with Crippen LogP contribution in [0.15, 0.2) is 0 Å². The minimum absolute atomic E-state index is 0.0677. The largest absolute Gasteiger partial charge is 0.450 e. The van der Waals surface area contributed by atoms with Crippen LogP contribution in [0.1, 0.15) is 19.8 Å². The van der Waals surface area contributed by atoms with Crippen molar-refractivity contribution in [3.05, 3.63) is 0 Å². The van der Waals surface area contributed by atoms with Crippen LogP contribution >= 0.6 is 0 Å². The van der Waals surface area contributed by atoms with Crippen LogP contribution in [0.2, 0.25) is 0 Å². The Morgan fingerprint density at radius 1 is 1.21 bits per heavy atom. The second-order valence-electron chi connectivity index (χ2n) is 2.34. The molecular weight excluding hydrogens is 190 g/mol. The maximum absolute atomic E-state index is 10.9. The van der Waals surface area contributed by atoms with Gasteiger partial charge in [0.2, 0.25) is 11.8 Å². The Balaban J connectivity index is 3.65. The average molecular weight is 203 g/mol. The van der Waals surface area contributed by atoms with E-state index in [2.05, 4.69) is 4.74 Å². The fourth-order valence-electron chi connectivity index (χ4n) is 0.643. The molecule has 14 heavy (non-hydrogen) atoms. The van der Waals surface area contributed by atoms with E-state index in [-0.39, 0.29) is 19.4 Å². The third-order valence-corrected chi connectivity index (χ3v) is 1.26. The summed E-state index contributed by atoms with van der Waals surface area (Å²) in [4.78, 5) is 32.2. The summed E-state index contributed by atoms with van der Waals surface area (Å²) in [5.41, 5.74) is 1.86. The lowest BCUT2D eigenvalue weighted by atomic mass is 10.3. The van der Waals surface area contributed by atoms with Gasteiger partial charge in [-0.3, -0.25) is 20.3 Å². The highest BCUT2D eigenvalue weighted by Crippen LogP contribution is 1.88. The number of hydrogen-bond acceptors (Lipinski definition) is 5. The first-order chi connectivity index (χ1) is 6.60. The summed E-state index contributed by atoms with van der Waals surface area (Å²) in [7, 11) is 0. The van der Waals surface area contributed by atoms with E-state index in [1.165, 1.54) is 0 Å².